The Morgan fingerprint density at radius 3 is 2.53 bits per heavy atom. The largest absolute Gasteiger partial charge is 0.335 e. The summed E-state index contributed by atoms with van der Waals surface area (Å²) in [5.74, 6) is -0.238. The van der Waals surface area contributed by atoms with Crippen molar-refractivity contribution in [1.29, 1.82) is 0 Å². The van der Waals surface area contributed by atoms with Gasteiger partial charge in [0.05, 0.1) is 0 Å². The van der Waals surface area contributed by atoms with Gasteiger partial charge in [-0.2, -0.15) is 0 Å². The molecule has 1 saturated carbocycles. The molecule has 1 aliphatic carbocycles. The fourth-order valence-electron chi connectivity index (χ4n) is 2.39. The van der Waals surface area contributed by atoms with Gasteiger partial charge in [0.15, 0.2) is 0 Å². The van der Waals surface area contributed by atoms with Gasteiger partial charge in [-0.3, -0.25) is 4.79 Å². The van der Waals surface area contributed by atoms with Gasteiger partial charge >= 0.3 is 0 Å². The molecule has 0 radical (unpaired) electrons. The van der Waals surface area contributed by atoms with Crippen molar-refractivity contribution in [3.63, 3.8) is 0 Å². The second kappa shape index (κ2) is 5.83. The SMILES string of the molecule is C=CCN(CC=C)C(=O)C1CC1c1ccccc1F. The van der Waals surface area contributed by atoms with Crippen LogP contribution in [0.4, 0.5) is 4.39 Å². The molecule has 0 aromatic heterocycles. The third-order valence-electron chi connectivity index (χ3n) is 3.42. The lowest BCUT2D eigenvalue weighted by Gasteiger charge is -2.19. The Kier molecular flexibility index (Phi) is 4.15. The second-order valence-electron chi connectivity index (χ2n) is 4.79. The summed E-state index contributed by atoms with van der Waals surface area (Å²) >= 11 is 0. The fraction of sp³-hybridized carbons (Fsp3) is 0.312. The van der Waals surface area contributed by atoms with E-state index < -0.39 is 0 Å². The van der Waals surface area contributed by atoms with E-state index in [-0.39, 0.29) is 23.6 Å². The Labute approximate surface area is 113 Å². The molecule has 2 unspecified atom stereocenters. The van der Waals surface area contributed by atoms with E-state index in [4.69, 9.17) is 0 Å². The molecule has 3 heteroatoms. The van der Waals surface area contributed by atoms with Crippen LogP contribution in [-0.4, -0.2) is 23.9 Å². The van der Waals surface area contributed by atoms with Gasteiger partial charge in [0.1, 0.15) is 5.82 Å². The van der Waals surface area contributed by atoms with Gasteiger partial charge in [-0.15, -0.1) is 13.2 Å². The minimum Gasteiger partial charge on any atom is -0.335 e. The molecule has 1 aliphatic rings. The molecule has 0 aliphatic heterocycles. The number of hydrogen-bond acceptors (Lipinski definition) is 1. The molecule has 0 bridgehead atoms. The van der Waals surface area contributed by atoms with Crippen LogP contribution in [0.5, 0.6) is 0 Å². The fourth-order valence-corrected chi connectivity index (χ4v) is 2.39. The lowest BCUT2D eigenvalue weighted by Crippen LogP contribution is -2.32. The number of carbonyl (C=O) groups excluding carboxylic acids is 1. The number of amides is 1. The minimum absolute atomic E-state index is 0.0193. The van der Waals surface area contributed by atoms with Crippen molar-refractivity contribution in [2.45, 2.75) is 12.3 Å². The molecule has 2 rings (SSSR count). The summed E-state index contributed by atoms with van der Waals surface area (Å²) in [4.78, 5) is 14.0. The Bertz CT molecular complexity index is 487. The molecule has 1 amide bonds. The van der Waals surface area contributed by atoms with Gasteiger partial charge in [-0.25, -0.2) is 4.39 Å². The first kappa shape index (κ1) is 13.5. The van der Waals surface area contributed by atoms with Crippen molar-refractivity contribution in [1.82, 2.24) is 4.90 Å². The van der Waals surface area contributed by atoms with Crippen LogP contribution in [-0.2, 0) is 4.79 Å². The third-order valence-corrected chi connectivity index (χ3v) is 3.42. The first-order valence-corrected chi connectivity index (χ1v) is 6.44. The predicted molar refractivity (Wildman–Crippen MR) is 74.2 cm³/mol. The van der Waals surface area contributed by atoms with E-state index in [0.29, 0.717) is 18.7 Å². The Hall–Kier alpha value is -1.90. The van der Waals surface area contributed by atoms with Crippen LogP contribution < -0.4 is 0 Å². The molecule has 0 spiro atoms. The van der Waals surface area contributed by atoms with E-state index in [2.05, 4.69) is 13.2 Å². The molecule has 1 aromatic rings. The first-order valence-electron chi connectivity index (χ1n) is 6.44. The maximum absolute atomic E-state index is 13.7. The number of hydrogen-bond donors (Lipinski definition) is 0. The zero-order chi connectivity index (χ0) is 13.8. The minimum atomic E-state index is -0.221. The summed E-state index contributed by atoms with van der Waals surface area (Å²) < 4.78 is 13.7. The molecule has 2 atom stereocenters. The zero-order valence-electron chi connectivity index (χ0n) is 10.9. The van der Waals surface area contributed by atoms with Crippen LogP contribution in [0.25, 0.3) is 0 Å². The normalized spacial score (nSPS) is 20.7. The molecule has 2 nitrogen and oxygen atoms in total. The van der Waals surface area contributed by atoms with Gasteiger partial charge in [-0.1, -0.05) is 30.4 Å². The summed E-state index contributed by atoms with van der Waals surface area (Å²) in [6.45, 7) is 8.31. The van der Waals surface area contributed by atoms with Crippen LogP contribution in [0.1, 0.15) is 17.9 Å². The van der Waals surface area contributed by atoms with E-state index in [0.717, 1.165) is 6.42 Å². The Balaban J connectivity index is 2.05. The first-order chi connectivity index (χ1) is 9.19. The van der Waals surface area contributed by atoms with Crippen LogP contribution in [0, 0.1) is 11.7 Å². The predicted octanol–water partition coefficient (Wildman–Crippen LogP) is 3.13. The van der Waals surface area contributed by atoms with Crippen molar-refractivity contribution in [3.8, 4) is 0 Å². The van der Waals surface area contributed by atoms with E-state index in [9.17, 15) is 9.18 Å². The third kappa shape index (κ3) is 2.92. The number of benzene rings is 1. The molecule has 0 saturated heterocycles. The summed E-state index contributed by atoms with van der Waals surface area (Å²) in [5, 5.41) is 0. The number of nitrogens with zero attached hydrogens (tertiary/aromatic N) is 1. The van der Waals surface area contributed by atoms with Crippen LogP contribution >= 0.6 is 0 Å². The smallest absolute Gasteiger partial charge is 0.226 e. The van der Waals surface area contributed by atoms with Crippen molar-refractivity contribution in [2.24, 2.45) is 5.92 Å². The van der Waals surface area contributed by atoms with Crippen molar-refractivity contribution >= 4 is 5.91 Å². The maximum atomic E-state index is 13.7. The molecule has 1 aromatic carbocycles. The quantitative estimate of drug-likeness (QED) is 0.719. The van der Waals surface area contributed by atoms with Gasteiger partial charge in [0, 0.05) is 19.0 Å². The highest BCUT2D eigenvalue weighted by Gasteiger charge is 2.46. The van der Waals surface area contributed by atoms with Crippen molar-refractivity contribution < 1.29 is 9.18 Å². The lowest BCUT2D eigenvalue weighted by molar-refractivity contribution is -0.131. The maximum Gasteiger partial charge on any atom is 0.226 e. The van der Waals surface area contributed by atoms with Crippen LogP contribution in [0.2, 0.25) is 0 Å². The summed E-state index contributed by atoms with van der Waals surface area (Å²) in [6, 6.07) is 6.68. The molecular weight excluding hydrogens is 241 g/mol. The number of halogens is 1. The summed E-state index contributed by atoms with van der Waals surface area (Å²) in [7, 11) is 0. The number of carbonyl (C=O) groups is 1. The molecule has 1 fully saturated rings. The van der Waals surface area contributed by atoms with Gasteiger partial charge < -0.3 is 4.90 Å². The van der Waals surface area contributed by atoms with Gasteiger partial charge in [0.25, 0.3) is 0 Å². The summed E-state index contributed by atoms with van der Waals surface area (Å²) in [5.41, 5.74) is 0.651. The zero-order valence-corrected chi connectivity index (χ0v) is 10.9. The van der Waals surface area contributed by atoms with Crippen molar-refractivity contribution in [3.05, 3.63) is 61.0 Å². The highest BCUT2D eigenvalue weighted by Crippen LogP contribution is 2.49. The second-order valence-corrected chi connectivity index (χ2v) is 4.79. The van der Waals surface area contributed by atoms with E-state index in [1.165, 1.54) is 6.07 Å². The van der Waals surface area contributed by atoms with Crippen LogP contribution in [0.15, 0.2) is 49.6 Å². The average molecular weight is 259 g/mol. The highest BCUT2D eigenvalue weighted by molar-refractivity contribution is 5.83. The average Bonchev–Trinajstić information content (AvgIpc) is 3.18. The highest BCUT2D eigenvalue weighted by atomic mass is 19.1. The van der Waals surface area contributed by atoms with Crippen molar-refractivity contribution in [2.75, 3.05) is 13.1 Å². The van der Waals surface area contributed by atoms with E-state index >= 15 is 0 Å². The molecule has 100 valence electrons. The molecule has 0 heterocycles. The molecule has 19 heavy (non-hydrogen) atoms. The van der Waals surface area contributed by atoms with Gasteiger partial charge in [-0.05, 0) is 24.0 Å². The van der Waals surface area contributed by atoms with Gasteiger partial charge in [0.2, 0.25) is 5.91 Å². The van der Waals surface area contributed by atoms with Crippen LogP contribution in [0.3, 0.4) is 0 Å². The Morgan fingerprint density at radius 1 is 1.32 bits per heavy atom. The number of rotatable bonds is 6. The standard InChI is InChI=1S/C16H18FNO/c1-3-9-18(10-4-2)16(19)14-11-13(14)12-7-5-6-8-15(12)17/h3-8,13-14H,1-2,9-11H2. The lowest BCUT2D eigenvalue weighted by atomic mass is 10.1. The molecular formula is C16H18FNO. The van der Waals surface area contributed by atoms with E-state index in [1.54, 1.807) is 29.2 Å². The van der Waals surface area contributed by atoms with E-state index in [1.807, 2.05) is 6.07 Å². The topological polar surface area (TPSA) is 20.3 Å². The molecule has 0 N–H and O–H groups in total. The monoisotopic (exact) mass is 259 g/mol. The summed E-state index contributed by atoms with van der Waals surface area (Å²) in [6.07, 6.45) is 4.12. The Morgan fingerprint density at radius 2 is 1.95 bits per heavy atom.